The summed E-state index contributed by atoms with van der Waals surface area (Å²) in [6, 6.07) is 5.84. The van der Waals surface area contributed by atoms with Gasteiger partial charge in [-0.25, -0.2) is 4.98 Å². The lowest BCUT2D eigenvalue weighted by Crippen LogP contribution is -2.35. The van der Waals surface area contributed by atoms with E-state index in [-0.39, 0.29) is 23.4 Å². The lowest BCUT2D eigenvalue weighted by Gasteiger charge is -2.24. The number of carbonyl (C=O) groups excluding carboxylic acids is 2. The van der Waals surface area contributed by atoms with Gasteiger partial charge in [0.05, 0.1) is 5.69 Å². The van der Waals surface area contributed by atoms with Crippen LogP contribution < -0.4 is 0 Å². The molecule has 4 rings (SSSR count). The molecular weight excluding hydrogens is 342 g/mol. The monoisotopic (exact) mass is 359 g/mol. The van der Waals surface area contributed by atoms with E-state index < -0.39 is 5.92 Å². The average Bonchev–Trinajstić information content (AvgIpc) is 3.15. The highest BCUT2D eigenvalue weighted by molar-refractivity contribution is 7.15. The van der Waals surface area contributed by atoms with E-state index >= 15 is 0 Å². The van der Waals surface area contributed by atoms with Gasteiger partial charge in [0.25, 0.3) is 0 Å². The third-order valence-electron chi connectivity index (χ3n) is 5.33. The average molecular weight is 360 g/mol. The summed E-state index contributed by atoms with van der Waals surface area (Å²) in [7, 11) is 0. The minimum Gasteiger partial charge on any atom is -0.298 e. The van der Waals surface area contributed by atoms with Crippen LogP contribution in [-0.2, 0) is 9.59 Å². The summed E-state index contributed by atoms with van der Waals surface area (Å²) in [5.41, 5.74) is 2.62. The summed E-state index contributed by atoms with van der Waals surface area (Å²) in [5.74, 6) is -0.388. The van der Waals surface area contributed by atoms with E-state index in [1.165, 1.54) is 11.3 Å². The summed E-state index contributed by atoms with van der Waals surface area (Å²) in [5, 5.41) is 1.52. The molecule has 0 aliphatic heterocycles. The minimum atomic E-state index is -0.651. The lowest BCUT2D eigenvalue weighted by atomic mass is 9.77. The van der Waals surface area contributed by atoms with Gasteiger partial charge in [-0.2, -0.15) is 0 Å². The lowest BCUT2D eigenvalue weighted by molar-refractivity contribution is -0.136. The van der Waals surface area contributed by atoms with Gasteiger partial charge in [-0.15, -0.1) is 11.3 Å². The maximum Gasteiger partial charge on any atom is 0.152 e. The van der Waals surface area contributed by atoms with E-state index in [0.29, 0.717) is 10.7 Å². The van der Waals surface area contributed by atoms with Gasteiger partial charge in [-0.05, 0) is 44.7 Å². The fraction of sp³-hybridized carbons (Fsp3) is 0.421. The van der Waals surface area contributed by atoms with Gasteiger partial charge in [0, 0.05) is 27.3 Å². The number of carbonyl (C=O) groups is 2. The van der Waals surface area contributed by atoms with Crippen LogP contribution in [0.2, 0.25) is 5.02 Å². The second-order valence-electron chi connectivity index (χ2n) is 6.87. The first-order valence-electron chi connectivity index (χ1n) is 8.27. The third-order valence-corrected chi connectivity index (χ3v) is 6.77. The molecule has 0 radical (unpaired) electrons. The second-order valence-corrected chi connectivity index (χ2v) is 8.48. The van der Waals surface area contributed by atoms with Crippen molar-refractivity contribution < 1.29 is 9.59 Å². The van der Waals surface area contributed by atoms with Gasteiger partial charge in [-0.1, -0.05) is 23.7 Å². The van der Waals surface area contributed by atoms with Crippen LogP contribution in [0.3, 0.4) is 0 Å². The highest BCUT2D eigenvalue weighted by Gasteiger charge is 2.48. The van der Waals surface area contributed by atoms with Gasteiger partial charge < -0.3 is 0 Å². The quantitative estimate of drug-likeness (QED) is 0.728. The van der Waals surface area contributed by atoms with Crippen molar-refractivity contribution in [3.63, 3.8) is 0 Å². The first kappa shape index (κ1) is 16.0. The number of halogens is 1. The number of benzene rings is 1. The number of hydrogen-bond donors (Lipinski definition) is 0. The van der Waals surface area contributed by atoms with E-state index in [4.69, 9.17) is 16.6 Å². The zero-order valence-corrected chi connectivity index (χ0v) is 15.2. The van der Waals surface area contributed by atoms with E-state index in [0.717, 1.165) is 40.3 Å². The molecule has 5 heteroatoms. The Morgan fingerprint density at radius 1 is 1.12 bits per heavy atom. The van der Waals surface area contributed by atoms with Gasteiger partial charge in [0.1, 0.15) is 10.9 Å². The Bertz CT molecular complexity index is 835. The van der Waals surface area contributed by atoms with Crippen molar-refractivity contribution in [1.29, 1.82) is 0 Å². The fourth-order valence-corrected chi connectivity index (χ4v) is 5.03. The molecule has 1 aromatic carbocycles. The molecule has 124 valence electrons. The summed E-state index contributed by atoms with van der Waals surface area (Å²) in [6.07, 6.45) is 2.46. The Hall–Kier alpha value is -1.52. The molecular formula is C19H18ClNO2S. The molecule has 1 heterocycles. The van der Waals surface area contributed by atoms with Gasteiger partial charge >= 0.3 is 0 Å². The topological polar surface area (TPSA) is 47.0 Å². The molecule has 1 aromatic heterocycles. The standard InChI is InChI=1S/C19H18ClNO2S/c1-9-3-4-13(8-14(9)20)19-21-16(10(2)24-19)15-17(22)11-5-6-12(7-11)18(15)23/h3-4,8,11-12,15H,5-7H2,1-2H3/t11-,12-/m0/s1. The van der Waals surface area contributed by atoms with Crippen LogP contribution in [0.15, 0.2) is 18.2 Å². The Morgan fingerprint density at radius 2 is 1.79 bits per heavy atom. The van der Waals surface area contributed by atoms with E-state index in [9.17, 15) is 9.59 Å². The molecule has 2 aliphatic carbocycles. The highest BCUT2D eigenvalue weighted by Crippen LogP contribution is 2.45. The summed E-state index contributed by atoms with van der Waals surface area (Å²) >= 11 is 7.75. The van der Waals surface area contributed by atoms with Crippen LogP contribution in [0.1, 0.15) is 41.3 Å². The molecule has 0 saturated heterocycles. The van der Waals surface area contributed by atoms with Gasteiger partial charge in [0.15, 0.2) is 11.6 Å². The Balaban J connectivity index is 1.74. The second kappa shape index (κ2) is 5.78. The minimum absolute atomic E-state index is 0.0519. The van der Waals surface area contributed by atoms with Crippen LogP contribution in [0.25, 0.3) is 10.6 Å². The maximum atomic E-state index is 12.7. The summed E-state index contributed by atoms with van der Waals surface area (Å²) in [4.78, 5) is 31.1. The normalized spacial score (nSPS) is 26.2. The summed E-state index contributed by atoms with van der Waals surface area (Å²) < 4.78 is 0. The van der Waals surface area contributed by atoms with Crippen LogP contribution in [-0.4, -0.2) is 16.6 Å². The Labute approximate surface area is 150 Å². The van der Waals surface area contributed by atoms with Crippen molar-refractivity contribution >= 4 is 34.5 Å². The van der Waals surface area contributed by atoms with Crippen LogP contribution in [0.4, 0.5) is 0 Å². The predicted molar refractivity (Wildman–Crippen MR) is 95.6 cm³/mol. The number of nitrogens with zero attached hydrogens (tertiary/aromatic N) is 1. The molecule has 2 fully saturated rings. The van der Waals surface area contributed by atoms with Crippen molar-refractivity contribution in [2.45, 2.75) is 39.0 Å². The Kier molecular flexibility index (Phi) is 3.85. The number of Topliss-reactive ketones (excluding diaryl/α,β-unsaturated/α-hetero) is 2. The van der Waals surface area contributed by atoms with Crippen molar-refractivity contribution in [2.24, 2.45) is 11.8 Å². The molecule has 2 aliphatic rings. The molecule has 2 aromatic rings. The molecule has 0 amide bonds. The number of rotatable bonds is 2. The zero-order valence-electron chi connectivity index (χ0n) is 13.6. The van der Waals surface area contributed by atoms with E-state index in [2.05, 4.69) is 0 Å². The SMILES string of the molecule is Cc1ccc(-c2nc(C3C(=O)[C@H]4CC[C@@H](C4)C3=O)c(C)s2)cc1Cl. The number of thiazole rings is 1. The fourth-order valence-electron chi connectivity index (χ4n) is 3.90. The van der Waals surface area contributed by atoms with E-state index in [1.807, 2.05) is 32.0 Å². The van der Waals surface area contributed by atoms with Crippen molar-refractivity contribution in [3.05, 3.63) is 39.4 Å². The maximum absolute atomic E-state index is 12.7. The molecule has 24 heavy (non-hydrogen) atoms. The number of aromatic nitrogens is 1. The predicted octanol–water partition coefficient (Wildman–Crippen LogP) is 4.73. The van der Waals surface area contributed by atoms with Crippen LogP contribution in [0.5, 0.6) is 0 Å². The van der Waals surface area contributed by atoms with Crippen LogP contribution in [0, 0.1) is 25.7 Å². The number of hydrogen-bond acceptors (Lipinski definition) is 4. The molecule has 2 saturated carbocycles. The largest absolute Gasteiger partial charge is 0.298 e. The highest BCUT2D eigenvalue weighted by atomic mass is 35.5. The first-order chi connectivity index (χ1) is 11.5. The van der Waals surface area contributed by atoms with E-state index in [1.54, 1.807) is 0 Å². The molecule has 3 nitrogen and oxygen atoms in total. The smallest absolute Gasteiger partial charge is 0.152 e. The molecule has 0 N–H and O–H groups in total. The molecule has 0 unspecified atom stereocenters. The molecule has 2 bridgehead atoms. The third kappa shape index (κ3) is 2.44. The zero-order chi connectivity index (χ0) is 17.0. The van der Waals surface area contributed by atoms with Crippen molar-refractivity contribution in [2.75, 3.05) is 0 Å². The Morgan fingerprint density at radius 3 is 2.42 bits per heavy atom. The van der Waals surface area contributed by atoms with Crippen molar-refractivity contribution in [3.8, 4) is 10.6 Å². The van der Waals surface area contributed by atoms with Gasteiger partial charge in [-0.3, -0.25) is 9.59 Å². The molecule has 0 spiro atoms. The number of aryl methyl sites for hydroxylation is 2. The first-order valence-corrected chi connectivity index (χ1v) is 9.46. The molecule has 2 atom stereocenters. The van der Waals surface area contributed by atoms with Crippen LogP contribution >= 0.6 is 22.9 Å². The van der Waals surface area contributed by atoms with Gasteiger partial charge in [0.2, 0.25) is 0 Å². The van der Waals surface area contributed by atoms with Crippen molar-refractivity contribution in [1.82, 2.24) is 4.98 Å². The number of ketones is 2. The summed E-state index contributed by atoms with van der Waals surface area (Å²) in [6.45, 7) is 3.91. The number of fused-ring (bicyclic) bond motifs is 2.